The maximum absolute atomic E-state index is 12.8. The van der Waals surface area contributed by atoms with Crippen LogP contribution in [-0.2, 0) is 10.0 Å². The Balaban J connectivity index is 0.00000242. The van der Waals surface area contributed by atoms with Crippen LogP contribution in [0.15, 0.2) is 47.4 Å². The zero-order chi connectivity index (χ0) is 15.5. The second kappa shape index (κ2) is 7.42. The van der Waals surface area contributed by atoms with Crippen molar-refractivity contribution in [1.29, 1.82) is 0 Å². The predicted octanol–water partition coefficient (Wildman–Crippen LogP) is 3.06. The summed E-state index contributed by atoms with van der Waals surface area (Å²) in [7, 11) is -3.61. The van der Waals surface area contributed by atoms with E-state index in [0.29, 0.717) is 17.7 Å². The molecule has 0 amide bonds. The first-order valence-corrected chi connectivity index (χ1v) is 8.68. The molecule has 0 spiro atoms. The molecule has 0 atom stereocenters. The molecule has 0 saturated carbocycles. The fourth-order valence-electron chi connectivity index (χ4n) is 2.49. The van der Waals surface area contributed by atoms with E-state index in [4.69, 9.17) is 5.73 Å². The molecule has 0 radical (unpaired) electrons. The van der Waals surface area contributed by atoms with E-state index in [-0.39, 0.29) is 19.0 Å². The van der Waals surface area contributed by atoms with Gasteiger partial charge < -0.3 is 5.73 Å². The molecule has 0 aliphatic heterocycles. The summed E-state index contributed by atoms with van der Waals surface area (Å²) in [6.45, 7) is 4.17. The molecule has 6 heteroatoms. The molecule has 0 aromatic heterocycles. The fourth-order valence-corrected chi connectivity index (χ4v) is 4.28. The topological polar surface area (TPSA) is 72.2 Å². The monoisotopic (exact) mass is 342 g/mol. The molecule has 0 aliphatic rings. The Kier molecular flexibility index (Phi) is 6.38. The normalized spacial score (nSPS) is 12.1. The highest BCUT2D eigenvalue weighted by Gasteiger charge is 2.31. The lowest BCUT2D eigenvalue weighted by Gasteiger charge is -2.31. The average Bonchev–Trinajstić information content (AvgIpc) is 2.52. The van der Waals surface area contributed by atoms with Gasteiger partial charge in [0, 0.05) is 17.5 Å². The van der Waals surface area contributed by atoms with Crippen molar-refractivity contribution >= 4 is 33.2 Å². The van der Waals surface area contributed by atoms with Crippen molar-refractivity contribution in [3.63, 3.8) is 0 Å². The number of nitrogens with one attached hydrogen (secondary N) is 1. The minimum absolute atomic E-state index is 0. The molecule has 22 heavy (non-hydrogen) atoms. The van der Waals surface area contributed by atoms with Gasteiger partial charge in [0.05, 0.1) is 4.90 Å². The standard InChI is InChI=1S/C16H22N2O2S.ClH/c1-3-16(4-2,12-17)18-21(19,20)15-11-7-9-13-8-5-6-10-14(13)15;/h5-11,18H,3-4,12,17H2,1-2H3;1H. The summed E-state index contributed by atoms with van der Waals surface area (Å²) in [5.41, 5.74) is 5.21. The fraction of sp³-hybridized carbons (Fsp3) is 0.375. The molecule has 2 aromatic carbocycles. The van der Waals surface area contributed by atoms with Crippen molar-refractivity contribution in [3.8, 4) is 0 Å². The predicted molar refractivity (Wildman–Crippen MR) is 93.9 cm³/mol. The smallest absolute Gasteiger partial charge is 0.241 e. The Bertz CT molecular complexity index is 714. The molecular weight excluding hydrogens is 320 g/mol. The van der Waals surface area contributed by atoms with Crippen molar-refractivity contribution in [1.82, 2.24) is 4.72 Å². The summed E-state index contributed by atoms with van der Waals surface area (Å²) in [5, 5.41) is 1.64. The lowest BCUT2D eigenvalue weighted by molar-refractivity contribution is 0.363. The molecule has 0 unspecified atom stereocenters. The minimum atomic E-state index is -3.61. The van der Waals surface area contributed by atoms with Crippen molar-refractivity contribution in [2.45, 2.75) is 37.1 Å². The van der Waals surface area contributed by atoms with Gasteiger partial charge in [-0.25, -0.2) is 13.1 Å². The van der Waals surface area contributed by atoms with E-state index < -0.39 is 15.6 Å². The SMILES string of the molecule is CCC(CC)(CN)NS(=O)(=O)c1cccc2ccccc12.Cl. The lowest BCUT2D eigenvalue weighted by atomic mass is 9.95. The van der Waals surface area contributed by atoms with Crippen LogP contribution in [0.4, 0.5) is 0 Å². The summed E-state index contributed by atoms with van der Waals surface area (Å²) in [6.07, 6.45) is 1.31. The molecule has 2 aromatic rings. The zero-order valence-electron chi connectivity index (χ0n) is 12.9. The maximum Gasteiger partial charge on any atom is 0.241 e. The Morgan fingerprint density at radius 1 is 1.05 bits per heavy atom. The van der Waals surface area contributed by atoms with E-state index in [1.165, 1.54) is 0 Å². The van der Waals surface area contributed by atoms with Crippen LogP contribution in [0.3, 0.4) is 0 Å². The molecule has 0 bridgehead atoms. The number of nitrogens with two attached hydrogens (primary N) is 1. The van der Waals surface area contributed by atoms with Crippen molar-refractivity contribution in [3.05, 3.63) is 42.5 Å². The largest absolute Gasteiger partial charge is 0.329 e. The number of fused-ring (bicyclic) bond motifs is 1. The number of sulfonamides is 1. The van der Waals surface area contributed by atoms with Crippen LogP contribution >= 0.6 is 12.4 Å². The number of hydrogen-bond donors (Lipinski definition) is 2. The summed E-state index contributed by atoms with van der Waals surface area (Å²) in [4.78, 5) is 0.306. The second-order valence-electron chi connectivity index (χ2n) is 5.27. The second-order valence-corrected chi connectivity index (χ2v) is 6.93. The van der Waals surface area contributed by atoms with Gasteiger partial charge in [0.2, 0.25) is 10.0 Å². The highest BCUT2D eigenvalue weighted by molar-refractivity contribution is 7.89. The Morgan fingerprint density at radius 3 is 2.23 bits per heavy atom. The van der Waals surface area contributed by atoms with Gasteiger partial charge in [-0.3, -0.25) is 0 Å². The van der Waals surface area contributed by atoms with Crippen LogP contribution in [0.1, 0.15) is 26.7 Å². The first-order chi connectivity index (χ1) is 9.98. The van der Waals surface area contributed by atoms with Crippen LogP contribution in [0, 0.1) is 0 Å². The molecular formula is C16H23ClN2O2S. The first kappa shape index (κ1) is 18.9. The number of benzene rings is 2. The van der Waals surface area contributed by atoms with Gasteiger partial charge in [0.25, 0.3) is 0 Å². The van der Waals surface area contributed by atoms with Crippen LogP contribution in [0.25, 0.3) is 10.8 Å². The van der Waals surface area contributed by atoms with E-state index >= 15 is 0 Å². The highest BCUT2D eigenvalue weighted by Crippen LogP contribution is 2.25. The molecule has 0 aliphatic carbocycles. The number of hydrogen-bond acceptors (Lipinski definition) is 3. The molecule has 0 heterocycles. The highest BCUT2D eigenvalue weighted by atomic mass is 35.5. The average molecular weight is 343 g/mol. The molecule has 3 N–H and O–H groups in total. The van der Waals surface area contributed by atoms with Crippen LogP contribution < -0.4 is 10.5 Å². The van der Waals surface area contributed by atoms with E-state index in [2.05, 4.69) is 4.72 Å². The van der Waals surface area contributed by atoms with Gasteiger partial charge in [0.1, 0.15) is 0 Å². The van der Waals surface area contributed by atoms with E-state index in [1.807, 2.05) is 44.2 Å². The zero-order valence-corrected chi connectivity index (χ0v) is 14.5. The van der Waals surface area contributed by atoms with Gasteiger partial charge in [-0.1, -0.05) is 50.2 Å². The molecule has 4 nitrogen and oxygen atoms in total. The third-order valence-corrected chi connectivity index (χ3v) is 5.77. The van der Waals surface area contributed by atoms with Crippen molar-refractivity contribution in [2.24, 2.45) is 5.73 Å². The lowest BCUT2D eigenvalue weighted by Crippen LogP contribution is -2.52. The quantitative estimate of drug-likeness (QED) is 0.847. The Labute approximate surface area is 138 Å². The number of halogens is 1. The van der Waals surface area contributed by atoms with Gasteiger partial charge in [-0.2, -0.15) is 0 Å². The number of rotatable bonds is 6. The summed E-state index contributed by atoms with van der Waals surface area (Å²) in [5.74, 6) is 0. The van der Waals surface area contributed by atoms with Crippen molar-refractivity contribution < 1.29 is 8.42 Å². The Morgan fingerprint density at radius 2 is 1.64 bits per heavy atom. The van der Waals surface area contributed by atoms with Crippen molar-refractivity contribution in [2.75, 3.05) is 6.54 Å². The van der Waals surface area contributed by atoms with Gasteiger partial charge >= 0.3 is 0 Å². The van der Waals surface area contributed by atoms with Gasteiger partial charge in [0.15, 0.2) is 0 Å². The van der Waals surface area contributed by atoms with Gasteiger partial charge in [-0.05, 0) is 24.3 Å². The van der Waals surface area contributed by atoms with E-state index in [1.54, 1.807) is 12.1 Å². The molecule has 0 saturated heterocycles. The van der Waals surface area contributed by atoms with E-state index in [0.717, 1.165) is 10.8 Å². The first-order valence-electron chi connectivity index (χ1n) is 7.20. The van der Waals surface area contributed by atoms with Crippen LogP contribution in [0.2, 0.25) is 0 Å². The summed E-state index contributed by atoms with van der Waals surface area (Å²) < 4.78 is 28.4. The molecule has 2 rings (SSSR count). The third kappa shape index (κ3) is 3.60. The van der Waals surface area contributed by atoms with Gasteiger partial charge in [-0.15, -0.1) is 12.4 Å². The minimum Gasteiger partial charge on any atom is -0.329 e. The molecule has 0 fully saturated rings. The summed E-state index contributed by atoms with van der Waals surface area (Å²) in [6, 6.07) is 12.8. The molecule has 122 valence electrons. The van der Waals surface area contributed by atoms with E-state index in [9.17, 15) is 8.42 Å². The third-order valence-electron chi connectivity index (χ3n) is 4.13. The van der Waals surface area contributed by atoms with Crippen LogP contribution in [0.5, 0.6) is 0 Å². The Hall–Kier alpha value is -1.14. The maximum atomic E-state index is 12.8. The van der Waals surface area contributed by atoms with Crippen LogP contribution in [-0.4, -0.2) is 20.5 Å². The summed E-state index contributed by atoms with van der Waals surface area (Å²) >= 11 is 0.